The van der Waals surface area contributed by atoms with E-state index in [0.29, 0.717) is 22.0 Å². The van der Waals surface area contributed by atoms with E-state index >= 15 is 0 Å². The molecule has 1 N–H and O–H groups in total. The molecule has 0 radical (unpaired) electrons. The lowest BCUT2D eigenvalue weighted by Crippen LogP contribution is -2.12. The van der Waals surface area contributed by atoms with E-state index in [2.05, 4.69) is 9.71 Å². The lowest BCUT2D eigenvalue weighted by molar-refractivity contribution is 0.608. The van der Waals surface area contributed by atoms with Gasteiger partial charge in [-0.2, -0.15) is 8.42 Å². The molecule has 2 aromatic carbocycles. The smallest absolute Gasteiger partial charge is 0.285 e. The first-order valence-electron chi connectivity index (χ1n) is 7.86. The number of hydrogen-bond donors (Lipinski definition) is 1. The summed E-state index contributed by atoms with van der Waals surface area (Å²) >= 11 is 6.04. The van der Waals surface area contributed by atoms with Crippen molar-refractivity contribution in [3.63, 3.8) is 0 Å². The summed E-state index contributed by atoms with van der Waals surface area (Å²) < 4.78 is 29.2. The van der Waals surface area contributed by atoms with Crippen molar-refractivity contribution < 1.29 is 8.42 Å². The highest BCUT2D eigenvalue weighted by Gasteiger charge is 2.31. The molecule has 0 amide bonds. The van der Waals surface area contributed by atoms with Crippen molar-refractivity contribution in [1.29, 1.82) is 0 Å². The van der Waals surface area contributed by atoms with Crippen LogP contribution in [0.5, 0.6) is 0 Å². The first-order valence-corrected chi connectivity index (χ1v) is 9.68. The monoisotopic (exact) mass is 374 g/mol. The highest BCUT2D eigenvalue weighted by Crippen LogP contribution is 2.34. The Balaban J connectivity index is 2.06. The normalized spacial score (nSPS) is 16.1. The Kier molecular flexibility index (Phi) is 4.47. The van der Waals surface area contributed by atoms with E-state index in [9.17, 15) is 8.42 Å². The van der Waals surface area contributed by atoms with Crippen LogP contribution in [0.25, 0.3) is 4.91 Å². The van der Waals surface area contributed by atoms with E-state index in [1.165, 1.54) is 0 Å². The number of sulfonamides is 1. The summed E-state index contributed by atoms with van der Waals surface area (Å²) in [5, 5.41) is 3.68. The van der Waals surface area contributed by atoms with Gasteiger partial charge < -0.3 is 5.32 Å². The molecule has 0 fully saturated rings. The number of halogens is 1. The summed E-state index contributed by atoms with van der Waals surface area (Å²) in [7, 11) is -3.74. The van der Waals surface area contributed by atoms with Crippen LogP contribution in [0.3, 0.4) is 0 Å². The fraction of sp³-hybridized carbons (Fsp3) is 0.211. The fourth-order valence-electron chi connectivity index (χ4n) is 2.76. The van der Waals surface area contributed by atoms with Gasteiger partial charge in [-0.15, -0.1) is 4.40 Å². The van der Waals surface area contributed by atoms with Gasteiger partial charge in [-0.05, 0) is 62.1 Å². The average Bonchev–Trinajstić information content (AvgIpc) is 2.75. The van der Waals surface area contributed by atoms with E-state index in [1.54, 1.807) is 19.1 Å². The maximum absolute atomic E-state index is 12.6. The Morgan fingerprint density at radius 1 is 0.920 bits per heavy atom. The first kappa shape index (κ1) is 17.7. The Morgan fingerprint density at radius 2 is 1.60 bits per heavy atom. The zero-order chi connectivity index (χ0) is 18.4. The second-order valence-electron chi connectivity index (χ2n) is 6.25. The lowest BCUT2D eigenvalue weighted by Gasteiger charge is -2.10. The standard InChI is InChI=1S/C19H19ClN2O2S/c1-11-5-7-15(9-13(11)3)18-14(4)19(22-25(18,23)24)21-17-10-16(20)8-6-12(17)2/h5-10H,1-4H3,(H,21,22). The third-order valence-corrected chi connectivity index (χ3v) is 6.10. The molecule has 0 saturated heterocycles. The topological polar surface area (TPSA) is 58.5 Å². The molecule has 0 bridgehead atoms. The van der Waals surface area contributed by atoms with Crippen LogP contribution < -0.4 is 5.32 Å². The predicted octanol–water partition coefficient (Wildman–Crippen LogP) is 4.85. The van der Waals surface area contributed by atoms with Gasteiger partial charge in [0.25, 0.3) is 10.0 Å². The van der Waals surface area contributed by atoms with Gasteiger partial charge in [0.05, 0.1) is 0 Å². The highest BCUT2D eigenvalue weighted by molar-refractivity contribution is 8.00. The van der Waals surface area contributed by atoms with Crippen LogP contribution in [0.15, 0.2) is 46.4 Å². The second kappa shape index (κ2) is 6.32. The van der Waals surface area contributed by atoms with Gasteiger partial charge >= 0.3 is 0 Å². The maximum atomic E-state index is 12.6. The minimum absolute atomic E-state index is 0.248. The molecule has 2 aromatic rings. The molecule has 1 aliphatic rings. The van der Waals surface area contributed by atoms with Crippen LogP contribution in [-0.2, 0) is 10.0 Å². The van der Waals surface area contributed by atoms with Gasteiger partial charge in [0.15, 0.2) is 0 Å². The molecular weight excluding hydrogens is 356 g/mol. The van der Waals surface area contributed by atoms with Crippen LogP contribution in [0, 0.1) is 20.8 Å². The van der Waals surface area contributed by atoms with E-state index in [0.717, 1.165) is 22.4 Å². The minimum Gasteiger partial charge on any atom is -0.339 e. The van der Waals surface area contributed by atoms with Gasteiger partial charge in [-0.3, -0.25) is 0 Å². The van der Waals surface area contributed by atoms with Crippen molar-refractivity contribution in [2.24, 2.45) is 4.40 Å². The number of anilines is 1. The summed E-state index contributed by atoms with van der Waals surface area (Å²) in [6, 6.07) is 11.0. The molecule has 25 heavy (non-hydrogen) atoms. The number of amidine groups is 1. The van der Waals surface area contributed by atoms with E-state index in [4.69, 9.17) is 11.6 Å². The van der Waals surface area contributed by atoms with Gasteiger partial charge in [0.2, 0.25) is 0 Å². The third kappa shape index (κ3) is 3.34. The summed E-state index contributed by atoms with van der Waals surface area (Å²) in [6.07, 6.45) is 0. The molecule has 0 spiro atoms. The third-order valence-electron chi connectivity index (χ3n) is 4.39. The largest absolute Gasteiger partial charge is 0.339 e. The SMILES string of the molecule is CC1=C(c2ccc(C)c(C)c2)S(=O)(=O)N=C1Nc1cc(Cl)ccc1C. The van der Waals surface area contributed by atoms with Crippen molar-refractivity contribution in [1.82, 2.24) is 0 Å². The fourth-order valence-corrected chi connectivity index (χ4v) is 4.35. The molecule has 0 aliphatic carbocycles. The molecule has 6 heteroatoms. The molecule has 0 atom stereocenters. The van der Waals surface area contributed by atoms with Crippen LogP contribution in [0.2, 0.25) is 5.02 Å². The van der Waals surface area contributed by atoms with Crippen molar-refractivity contribution in [3.05, 3.63) is 69.2 Å². The van der Waals surface area contributed by atoms with E-state index < -0.39 is 10.0 Å². The average molecular weight is 375 g/mol. The molecule has 0 aromatic heterocycles. The molecule has 3 rings (SSSR count). The Hall–Kier alpha value is -2.11. The lowest BCUT2D eigenvalue weighted by atomic mass is 10.0. The molecule has 1 heterocycles. The minimum atomic E-state index is -3.74. The zero-order valence-corrected chi connectivity index (χ0v) is 16.1. The van der Waals surface area contributed by atoms with Crippen LogP contribution in [0.1, 0.15) is 29.2 Å². The van der Waals surface area contributed by atoms with E-state index in [1.807, 2.05) is 45.0 Å². The molecule has 0 unspecified atom stereocenters. The Morgan fingerprint density at radius 3 is 2.28 bits per heavy atom. The Labute approximate surface area is 153 Å². The van der Waals surface area contributed by atoms with Crippen LogP contribution in [-0.4, -0.2) is 14.3 Å². The summed E-state index contributed by atoms with van der Waals surface area (Å²) in [4.78, 5) is 0.248. The van der Waals surface area contributed by atoms with Gasteiger partial charge in [0, 0.05) is 16.3 Å². The number of benzene rings is 2. The van der Waals surface area contributed by atoms with Crippen LogP contribution >= 0.6 is 11.6 Å². The second-order valence-corrected chi connectivity index (χ2v) is 8.23. The number of hydrogen-bond acceptors (Lipinski definition) is 3. The van der Waals surface area contributed by atoms with Crippen molar-refractivity contribution in [3.8, 4) is 0 Å². The van der Waals surface area contributed by atoms with Gasteiger partial charge in [-0.1, -0.05) is 35.9 Å². The Bertz CT molecular complexity index is 1040. The molecular formula is C19H19ClN2O2S. The van der Waals surface area contributed by atoms with Crippen molar-refractivity contribution >= 4 is 38.1 Å². The molecule has 1 aliphatic heterocycles. The van der Waals surface area contributed by atoms with Crippen molar-refractivity contribution in [2.45, 2.75) is 27.7 Å². The summed E-state index contributed by atoms with van der Waals surface area (Å²) in [5.74, 6) is 0.332. The number of rotatable bonds is 2. The van der Waals surface area contributed by atoms with Crippen molar-refractivity contribution in [2.75, 3.05) is 5.32 Å². The first-order chi connectivity index (χ1) is 11.7. The zero-order valence-electron chi connectivity index (χ0n) is 14.5. The number of nitrogens with one attached hydrogen (secondary N) is 1. The summed E-state index contributed by atoms with van der Waals surface area (Å²) in [6.45, 7) is 7.65. The molecule has 4 nitrogen and oxygen atoms in total. The van der Waals surface area contributed by atoms with Gasteiger partial charge in [0.1, 0.15) is 10.7 Å². The van der Waals surface area contributed by atoms with Crippen LogP contribution in [0.4, 0.5) is 5.69 Å². The number of nitrogens with zero attached hydrogens (tertiary/aromatic N) is 1. The predicted molar refractivity (Wildman–Crippen MR) is 105 cm³/mol. The summed E-state index contributed by atoms with van der Waals surface area (Å²) in [5.41, 5.74) is 5.11. The maximum Gasteiger partial charge on any atom is 0.285 e. The van der Waals surface area contributed by atoms with Gasteiger partial charge in [-0.25, -0.2) is 0 Å². The number of aryl methyl sites for hydroxylation is 3. The highest BCUT2D eigenvalue weighted by atomic mass is 35.5. The molecule has 0 saturated carbocycles. The molecule has 130 valence electrons. The quantitative estimate of drug-likeness (QED) is 0.817. The van der Waals surface area contributed by atoms with E-state index in [-0.39, 0.29) is 4.91 Å².